The molecule has 0 radical (unpaired) electrons. The number of hydrogen-bond donors (Lipinski definition) is 0. The number of rotatable bonds is 4. The molecule has 0 amide bonds. The van der Waals surface area contributed by atoms with Crippen molar-refractivity contribution in [3.05, 3.63) is 29.0 Å². The summed E-state index contributed by atoms with van der Waals surface area (Å²) in [6.07, 6.45) is 0. The summed E-state index contributed by atoms with van der Waals surface area (Å²) in [5.74, 6) is 0. The van der Waals surface area contributed by atoms with Crippen LogP contribution in [0.4, 0.5) is 0 Å². The van der Waals surface area contributed by atoms with Gasteiger partial charge in [-0.2, -0.15) is 0 Å². The van der Waals surface area contributed by atoms with Gasteiger partial charge in [-0.25, -0.2) is 0 Å². The summed E-state index contributed by atoms with van der Waals surface area (Å²) in [7, 11) is 2.65. The van der Waals surface area contributed by atoms with Crippen molar-refractivity contribution >= 4 is 29.6 Å². The Bertz CT molecular complexity index is 355. The zero-order valence-corrected chi connectivity index (χ0v) is 13.0. The van der Waals surface area contributed by atoms with Crippen LogP contribution in [0.5, 0.6) is 0 Å². The van der Waals surface area contributed by atoms with Crippen LogP contribution in [-0.4, -0.2) is 27.2 Å². The Balaban J connectivity index is 0.00000225. The van der Waals surface area contributed by atoms with E-state index >= 15 is 0 Å². The minimum absolute atomic E-state index is 0. The molecule has 0 saturated heterocycles. The van der Waals surface area contributed by atoms with Crippen LogP contribution in [-0.2, 0) is 0 Å². The van der Waals surface area contributed by atoms with Gasteiger partial charge in [-0.05, 0) is 24.7 Å². The molecule has 16 heavy (non-hydrogen) atoms. The average molecular weight is 246 g/mol. The first-order chi connectivity index (χ1) is 6.80. The van der Waals surface area contributed by atoms with Gasteiger partial charge in [0.2, 0.25) is 0 Å². The molecule has 0 aliphatic heterocycles. The predicted octanol–water partition coefficient (Wildman–Crippen LogP) is 0.118. The van der Waals surface area contributed by atoms with Crippen LogP contribution in [0.1, 0.15) is 4.88 Å². The second-order valence-corrected chi connectivity index (χ2v) is 11.3. The van der Waals surface area contributed by atoms with E-state index in [-0.39, 0.29) is 18.9 Å². The largest absolute Gasteiger partial charge is 1.00 e. The number of nitrogens with zero attached hydrogens (tertiary/aromatic N) is 2. The molecule has 0 aromatic carbocycles. The van der Waals surface area contributed by atoms with Gasteiger partial charge in [0, 0.05) is 4.88 Å². The monoisotopic (exact) mass is 246 g/mol. The van der Waals surface area contributed by atoms with Crippen LogP contribution in [0.15, 0.2) is 18.7 Å². The van der Waals surface area contributed by atoms with Gasteiger partial charge in [0.1, 0.15) is 0 Å². The molecule has 1 rings (SSSR count). The molecule has 0 aliphatic rings. The third-order valence-corrected chi connectivity index (χ3v) is 6.69. The molecule has 1 aromatic rings. The standard InChI is InChI=1S/C11H19N2SSi.Li/c1-9(12-13(2)3)10-7-8-11(14-10)15(4,5)6;/h7-8H,1H2,2-6H3;/q-1;+1. The van der Waals surface area contributed by atoms with Gasteiger partial charge in [-0.1, -0.05) is 25.7 Å². The van der Waals surface area contributed by atoms with Crippen LogP contribution in [0.2, 0.25) is 19.6 Å². The summed E-state index contributed by atoms with van der Waals surface area (Å²) in [6, 6.07) is 4.36. The van der Waals surface area contributed by atoms with Crippen LogP contribution in [0.3, 0.4) is 0 Å². The molecule has 5 heteroatoms. The molecule has 0 fully saturated rings. The minimum atomic E-state index is -1.18. The third kappa shape index (κ3) is 4.48. The summed E-state index contributed by atoms with van der Waals surface area (Å²) in [5.41, 5.74) is 5.16. The smallest absolute Gasteiger partial charge is 0.620 e. The summed E-state index contributed by atoms with van der Waals surface area (Å²) in [5, 5.41) is 1.79. The minimum Gasteiger partial charge on any atom is -0.620 e. The molecule has 84 valence electrons. The van der Waals surface area contributed by atoms with Gasteiger partial charge in [0.25, 0.3) is 0 Å². The first kappa shape index (κ1) is 16.0. The average Bonchev–Trinajstić information content (AvgIpc) is 2.48. The summed E-state index contributed by atoms with van der Waals surface area (Å²) >= 11 is 1.83. The summed E-state index contributed by atoms with van der Waals surface area (Å²) < 4.78 is 1.51. The molecule has 0 saturated carbocycles. The van der Waals surface area contributed by atoms with E-state index in [0.29, 0.717) is 0 Å². The first-order valence-electron chi connectivity index (χ1n) is 4.99. The predicted molar refractivity (Wildman–Crippen MR) is 73.4 cm³/mol. The fourth-order valence-corrected chi connectivity index (χ4v) is 3.99. The van der Waals surface area contributed by atoms with E-state index in [2.05, 4.69) is 43.8 Å². The van der Waals surface area contributed by atoms with Crippen molar-refractivity contribution in [1.82, 2.24) is 5.01 Å². The molecule has 0 spiro atoms. The van der Waals surface area contributed by atoms with Gasteiger partial charge in [-0.15, -0.1) is 23.6 Å². The van der Waals surface area contributed by atoms with Crippen molar-refractivity contribution in [1.29, 1.82) is 0 Å². The van der Waals surface area contributed by atoms with E-state index in [4.69, 9.17) is 0 Å². The molecule has 2 nitrogen and oxygen atoms in total. The maximum Gasteiger partial charge on any atom is 1.00 e. The molecule has 0 aliphatic carbocycles. The van der Waals surface area contributed by atoms with Gasteiger partial charge >= 0.3 is 18.9 Å². The molecule has 0 N–H and O–H groups in total. The normalized spacial score (nSPS) is 11.1. The Morgan fingerprint density at radius 3 is 2.25 bits per heavy atom. The maximum atomic E-state index is 4.31. The topological polar surface area (TPSA) is 17.3 Å². The summed E-state index contributed by atoms with van der Waals surface area (Å²) in [4.78, 5) is 1.18. The van der Waals surface area contributed by atoms with Crippen molar-refractivity contribution < 1.29 is 18.9 Å². The van der Waals surface area contributed by atoms with Crippen LogP contribution in [0.25, 0.3) is 11.1 Å². The molecular formula is C11H19LiN2SSi. The molecule has 0 unspecified atom stereocenters. The molecule has 0 bridgehead atoms. The Morgan fingerprint density at radius 2 is 1.88 bits per heavy atom. The van der Waals surface area contributed by atoms with E-state index in [1.54, 1.807) is 5.01 Å². The fraction of sp³-hybridized carbons (Fsp3) is 0.455. The molecular weight excluding hydrogens is 227 g/mol. The van der Waals surface area contributed by atoms with E-state index in [9.17, 15) is 0 Å². The zero-order chi connectivity index (χ0) is 11.6. The Kier molecular flexibility index (Phi) is 6.09. The second kappa shape index (κ2) is 6.08. The molecule has 0 atom stereocenters. The fourth-order valence-electron chi connectivity index (χ4n) is 1.19. The zero-order valence-electron chi connectivity index (χ0n) is 11.2. The van der Waals surface area contributed by atoms with Gasteiger partial charge < -0.3 is 10.4 Å². The van der Waals surface area contributed by atoms with E-state index in [1.807, 2.05) is 25.4 Å². The van der Waals surface area contributed by atoms with Crippen molar-refractivity contribution in [3.63, 3.8) is 0 Å². The van der Waals surface area contributed by atoms with Gasteiger partial charge in [0.15, 0.2) is 0 Å². The SMILES string of the molecule is C=C([N-]N(C)C)c1ccc([Si](C)(C)C)s1.[Li+]. The van der Waals surface area contributed by atoms with E-state index in [0.717, 1.165) is 5.70 Å². The Morgan fingerprint density at radius 1 is 1.31 bits per heavy atom. The van der Waals surface area contributed by atoms with Crippen molar-refractivity contribution in [2.45, 2.75) is 19.6 Å². The van der Waals surface area contributed by atoms with Gasteiger partial charge in [-0.3, -0.25) is 0 Å². The molecule has 1 heterocycles. The van der Waals surface area contributed by atoms with Crippen molar-refractivity contribution in [3.8, 4) is 0 Å². The molecule has 1 aromatic heterocycles. The van der Waals surface area contributed by atoms with Crippen LogP contribution in [0, 0.1) is 0 Å². The van der Waals surface area contributed by atoms with Crippen molar-refractivity contribution in [2.75, 3.05) is 14.1 Å². The Labute approximate surface area is 116 Å². The second-order valence-electron chi connectivity index (χ2n) is 4.81. The van der Waals surface area contributed by atoms with Crippen LogP contribution >= 0.6 is 11.3 Å². The third-order valence-electron chi connectivity index (χ3n) is 1.95. The quantitative estimate of drug-likeness (QED) is 0.545. The van der Waals surface area contributed by atoms with Gasteiger partial charge in [0.05, 0.1) is 8.07 Å². The number of thiophene rings is 1. The summed E-state index contributed by atoms with van der Waals surface area (Å²) in [6.45, 7) is 11.0. The van der Waals surface area contributed by atoms with E-state index < -0.39 is 8.07 Å². The maximum absolute atomic E-state index is 4.31. The Hall–Kier alpha value is 0.0143. The first-order valence-corrected chi connectivity index (χ1v) is 9.31. The number of hydrogen-bond acceptors (Lipinski definition) is 2. The van der Waals surface area contributed by atoms with E-state index in [1.165, 1.54) is 9.38 Å². The van der Waals surface area contributed by atoms with Crippen molar-refractivity contribution in [2.24, 2.45) is 0 Å². The van der Waals surface area contributed by atoms with Crippen LogP contribution < -0.4 is 23.4 Å².